The second-order valence-electron chi connectivity index (χ2n) is 4.99. The molecule has 3 aromatic rings. The zero-order valence-corrected chi connectivity index (χ0v) is 15.7. The summed E-state index contributed by atoms with van der Waals surface area (Å²) >= 11 is 0. The molecule has 0 spiro atoms. The fourth-order valence-corrected chi connectivity index (χ4v) is 2.08. The molecule has 5 heteroatoms. The van der Waals surface area contributed by atoms with Crippen LogP contribution in [0.25, 0.3) is 0 Å². The Bertz CT molecular complexity index is 779. The van der Waals surface area contributed by atoms with Gasteiger partial charge in [0.25, 0.3) is 0 Å². The Labute approximate surface area is 167 Å². The number of hydrogen-bond acceptors (Lipinski definition) is 4. The van der Waals surface area contributed by atoms with E-state index in [1.54, 1.807) is 66.7 Å². The molecule has 0 aliphatic rings. The third-order valence-corrected chi connectivity index (χ3v) is 3.24. The molecule has 3 rings (SSSR count). The van der Waals surface area contributed by atoms with E-state index in [0.29, 0.717) is 11.5 Å². The van der Waals surface area contributed by atoms with Crippen LogP contribution in [0.15, 0.2) is 84.9 Å². The molecule has 0 aromatic heterocycles. The first-order valence-corrected chi connectivity index (χ1v) is 7.37. The Morgan fingerprint density at radius 3 is 1.36 bits per heavy atom. The van der Waals surface area contributed by atoms with Crippen LogP contribution in [-0.2, 0) is 0 Å². The Balaban J connectivity index is 0.00000225. The number of carbonyl (C=O) groups is 2. The summed E-state index contributed by atoms with van der Waals surface area (Å²) in [5.74, 6) is -0.175. The Morgan fingerprint density at radius 2 is 0.960 bits per heavy atom. The van der Waals surface area contributed by atoms with Crippen LogP contribution in [-0.4, -0.2) is 11.9 Å². The van der Waals surface area contributed by atoms with Crippen molar-refractivity contribution in [3.8, 4) is 11.5 Å². The van der Waals surface area contributed by atoms with Crippen LogP contribution in [0.5, 0.6) is 11.5 Å². The molecule has 0 amide bonds. The van der Waals surface area contributed by atoms with Gasteiger partial charge in [-0.1, -0.05) is 42.5 Å². The van der Waals surface area contributed by atoms with E-state index in [9.17, 15) is 9.59 Å². The van der Waals surface area contributed by atoms with Crippen LogP contribution in [0.1, 0.15) is 20.7 Å². The summed E-state index contributed by atoms with van der Waals surface area (Å²) in [5.41, 5.74) is 0.558. The van der Waals surface area contributed by atoms with Crippen molar-refractivity contribution < 1.29 is 48.6 Å². The van der Waals surface area contributed by atoms with Crippen LogP contribution in [0.2, 0.25) is 0 Å². The van der Waals surface area contributed by atoms with E-state index >= 15 is 0 Å². The van der Waals surface area contributed by atoms with E-state index in [4.69, 9.17) is 9.47 Å². The van der Waals surface area contributed by atoms with Crippen molar-refractivity contribution in [3.63, 3.8) is 0 Å². The van der Waals surface area contributed by atoms with Gasteiger partial charge in [0.2, 0.25) is 0 Å². The Hall–Kier alpha value is -2.40. The number of para-hydroxylation sites is 2. The molecule has 0 saturated heterocycles. The summed E-state index contributed by atoms with van der Waals surface area (Å²) < 4.78 is 10.5. The zero-order chi connectivity index (χ0) is 16.8. The van der Waals surface area contributed by atoms with Gasteiger partial charge in [-0.3, -0.25) is 0 Å². The first-order valence-electron chi connectivity index (χ1n) is 7.37. The van der Waals surface area contributed by atoms with Crippen molar-refractivity contribution in [2.75, 3.05) is 0 Å². The van der Waals surface area contributed by atoms with Gasteiger partial charge in [0, 0.05) is 0 Å². The van der Waals surface area contributed by atoms with Gasteiger partial charge in [-0.2, -0.15) is 0 Å². The summed E-state index contributed by atoms with van der Waals surface area (Å²) in [5, 5.41) is 0. The number of hydrogen-bond donors (Lipinski definition) is 0. The van der Waals surface area contributed by atoms with Crippen molar-refractivity contribution in [3.05, 3.63) is 96.1 Å². The SMILES string of the molecule is O=C(Oc1ccccc1)c1cccc(C(=O)Oc2ccccc2)c1.[Na+]. The smallest absolute Gasteiger partial charge is 0.423 e. The topological polar surface area (TPSA) is 52.6 Å². The minimum Gasteiger partial charge on any atom is -0.423 e. The monoisotopic (exact) mass is 341 g/mol. The maximum absolute atomic E-state index is 12.2. The molecule has 0 unspecified atom stereocenters. The van der Waals surface area contributed by atoms with Crippen LogP contribution in [0, 0.1) is 0 Å². The van der Waals surface area contributed by atoms with Gasteiger partial charge < -0.3 is 9.47 Å². The van der Waals surface area contributed by atoms with Crippen molar-refractivity contribution in [1.29, 1.82) is 0 Å². The summed E-state index contributed by atoms with van der Waals surface area (Å²) in [7, 11) is 0. The first-order chi connectivity index (χ1) is 11.7. The number of rotatable bonds is 4. The zero-order valence-electron chi connectivity index (χ0n) is 13.7. The predicted octanol–water partition coefficient (Wildman–Crippen LogP) is 1.13. The van der Waals surface area contributed by atoms with E-state index in [2.05, 4.69) is 0 Å². The molecule has 3 aromatic carbocycles. The van der Waals surface area contributed by atoms with Crippen molar-refractivity contribution in [1.82, 2.24) is 0 Å². The number of ether oxygens (including phenoxy) is 2. The maximum Gasteiger partial charge on any atom is 1.00 e. The number of esters is 2. The molecular weight excluding hydrogens is 327 g/mol. The van der Waals surface area contributed by atoms with Gasteiger partial charge in [-0.05, 0) is 42.5 Å². The molecule has 0 bridgehead atoms. The van der Waals surface area contributed by atoms with Crippen molar-refractivity contribution in [2.24, 2.45) is 0 Å². The minimum absolute atomic E-state index is 0. The summed E-state index contributed by atoms with van der Waals surface area (Å²) in [6, 6.07) is 23.7. The van der Waals surface area contributed by atoms with E-state index in [1.807, 2.05) is 12.1 Å². The molecule has 4 nitrogen and oxygen atoms in total. The largest absolute Gasteiger partial charge is 1.00 e. The second-order valence-corrected chi connectivity index (χ2v) is 4.99. The van der Waals surface area contributed by atoms with Crippen LogP contribution >= 0.6 is 0 Å². The molecule has 118 valence electrons. The van der Waals surface area contributed by atoms with E-state index < -0.39 is 11.9 Å². The van der Waals surface area contributed by atoms with Crippen molar-refractivity contribution >= 4 is 11.9 Å². The quantitative estimate of drug-likeness (QED) is 0.406. The fraction of sp³-hybridized carbons (Fsp3) is 0. The average molecular weight is 341 g/mol. The molecule has 0 saturated carbocycles. The number of carbonyl (C=O) groups excluding carboxylic acids is 2. The van der Waals surface area contributed by atoms with Gasteiger partial charge in [-0.25, -0.2) is 9.59 Å². The van der Waals surface area contributed by atoms with Crippen molar-refractivity contribution in [2.45, 2.75) is 0 Å². The summed E-state index contributed by atoms with van der Waals surface area (Å²) in [6.07, 6.45) is 0. The average Bonchev–Trinajstić information content (AvgIpc) is 2.63. The fourth-order valence-electron chi connectivity index (χ4n) is 2.08. The number of benzene rings is 3. The Kier molecular flexibility index (Phi) is 6.95. The standard InChI is InChI=1S/C20H14O4.Na/c21-19(23-17-10-3-1-4-11-17)15-8-7-9-16(14-15)20(22)24-18-12-5-2-6-13-18;/h1-14H;/q;+1. The van der Waals surface area contributed by atoms with Gasteiger partial charge >= 0.3 is 41.5 Å². The van der Waals surface area contributed by atoms with Crippen LogP contribution in [0.4, 0.5) is 0 Å². The molecule has 0 radical (unpaired) electrons. The normalized spacial score (nSPS) is 9.60. The molecule has 0 heterocycles. The first kappa shape index (κ1) is 18.9. The predicted molar refractivity (Wildman–Crippen MR) is 89.2 cm³/mol. The van der Waals surface area contributed by atoms with Crippen LogP contribution in [0.3, 0.4) is 0 Å². The second kappa shape index (κ2) is 9.18. The Morgan fingerprint density at radius 1 is 0.560 bits per heavy atom. The summed E-state index contributed by atoms with van der Waals surface area (Å²) in [4.78, 5) is 24.3. The molecule has 0 atom stereocenters. The molecular formula is C20H14NaO4+. The van der Waals surface area contributed by atoms with E-state index in [0.717, 1.165) is 0 Å². The van der Waals surface area contributed by atoms with E-state index in [1.165, 1.54) is 6.07 Å². The molecule has 0 aliphatic heterocycles. The molecule has 0 fully saturated rings. The van der Waals surface area contributed by atoms with Crippen LogP contribution < -0.4 is 39.0 Å². The van der Waals surface area contributed by atoms with Gasteiger partial charge in [0.15, 0.2) is 0 Å². The molecule has 0 N–H and O–H groups in total. The maximum atomic E-state index is 12.2. The summed E-state index contributed by atoms with van der Waals surface area (Å²) in [6.45, 7) is 0. The van der Waals surface area contributed by atoms with Gasteiger partial charge in [0.05, 0.1) is 11.1 Å². The third kappa shape index (κ3) is 5.29. The molecule has 0 aliphatic carbocycles. The molecule has 25 heavy (non-hydrogen) atoms. The van der Waals surface area contributed by atoms with E-state index in [-0.39, 0.29) is 40.7 Å². The van der Waals surface area contributed by atoms with Gasteiger partial charge in [0.1, 0.15) is 11.5 Å². The minimum atomic E-state index is -0.532. The third-order valence-electron chi connectivity index (χ3n) is 3.24. The van der Waals surface area contributed by atoms with Gasteiger partial charge in [-0.15, -0.1) is 0 Å².